The van der Waals surface area contributed by atoms with Crippen molar-refractivity contribution in [1.29, 1.82) is 0 Å². The summed E-state index contributed by atoms with van der Waals surface area (Å²) in [5.41, 5.74) is 3.88. The Kier molecular flexibility index (Phi) is 4.24. The summed E-state index contributed by atoms with van der Waals surface area (Å²) >= 11 is 0. The molecule has 1 aromatic heterocycles. The lowest BCUT2D eigenvalue weighted by Crippen LogP contribution is -2.52. The Morgan fingerprint density at radius 3 is 2.77 bits per heavy atom. The van der Waals surface area contributed by atoms with Crippen LogP contribution in [0.5, 0.6) is 5.75 Å². The van der Waals surface area contributed by atoms with Crippen LogP contribution in [0.3, 0.4) is 0 Å². The second-order valence-corrected chi connectivity index (χ2v) is 7.50. The van der Waals surface area contributed by atoms with E-state index in [0.717, 1.165) is 27.7 Å². The van der Waals surface area contributed by atoms with Crippen LogP contribution in [0.15, 0.2) is 48.5 Å². The van der Waals surface area contributed by atoms with E-state index in [1.165, 1.54) is 0 Å². The number of nitrogens with one attached hydrogen (secondary N) is 1. The maximum atomic E-state index is 12.9. The third kappa shape index (κ3) is 2.90. The van der Waals surface area contributed by atoms with E-state index >= 15 is 0 Å². The van der Waals surface area contributed by atoms with Crippen molar-refractivity contribution >= 4 is 28.6 Å². The standard InChI is InChI=1S/C23H19N3O4/c1-30-19-4-2-3-13-6-8-17(24-21(13)19)14-5-7-16-15(11-14)12-26(23(16)29)18-9-10-20(27)25-22(18)28/h2-8,11,18H,9-10,12H2,1H3,(H,25,27,28). The van der Waals surface area contributed by atoms with Crippen molar-refractivity contribution in [1.82, 2.24) is 15.2 Å². The number of aromatic nitrogens is 1. The molecule has 3 aromatic rings. The first-order chi connectivity index (χ1) is 14.5. The number of hydrogen-bond acceptors (Lipinski definition) is 5. The zero-order valence-electron chi connectivity index (χ0n) is 16.3. The van der Waals surface area contributed by atoms with Crippen molar-refractivity contribution < 1.29 is 19.1 Å². The molecule has 30 heavy (non-hydrogen) atoms. The van der Waals surface area contributed by atoms with Crippen molar-refractivity contribution in [3.05, 3.63) is 59.7 Å². The van der Waals surface area contributed by atoms with Crippen LogP contribution in [0.25, 0.3) is 22.2 Å². The average Bonchev–Trinajstić information content (AvgIpc) is 3.08. The van der Waals surface area contributed by atoms with Gasteiger partial charge in [0.1, 0.15) is 17.3 Å². The molecule has 2 aliphatic heterocycles. The Morgan fingerprint density at radius 2 is 1.97 bits per heavy atom. The molecular weight excluding hydrogens is 382 g/mol. The van der Waals surface area contributed by atoms with Gasteiger partial charge in [0.15, 0.2) is 0 Å². The lowest BCUT2D eigenvalue weighted by atomic mass is 10.0. The zero-order chi connectivity index (χ0) is 20.8. The van der Waals surface area contributed by atoms with Gasteiger partial charge in [0.05, 0.1) is 12.8 Å². The fourth-order valence-corrected chi connectivity index (χ4v) is 4.18. The molecule has 1 N–H and O–H groups in total. The number of ether oxygens (including phenoxy) is 1. The number of hydrogen-bond donors (Lipinski definition) is 1. The molecule has 0 spiro atoms. The fraction of sp³-hybridized carbons (Fsp3) is 0.217. The van der Waals surface area contributed by atoms with Gasteiger partial charge in [-0.3, -0.25) is 19.7 Å². The maximum Gasteiger partial charge on any atom is 0.255 e. The quantitative estimate of drug-likeness (QED) is 0.682. The molecule has 1 atom stereocenters. The van der Waals surface area contributed by atoms with E-state index in [1.54, 1.807) is 18.1 Å². The van der Waals surface area contributed by atoms with E-state index in [2.05, 4.69) is 5.32 Å². The number of rotatable bonds is 3. The third-order valence-corrected chi connectivity index (χ3v) is 5.72. The summed E-state index contributed by atoms with van der Waals surface area (Å²) < 4.78 is 5.43. The van der Waals surface area contributed by atoms with E-state index in [0.29, 0.717) is 24.3 Å². The number of amides is 3. The smallest absolute Gasteiger partial charge is 0.255 e. The van der Waals surface area contributed by atoms with Crippen molar-refractivity contribution in [3.63, 3.8) is 0 Å². The monoisotopic (exact) mass is 401 g/mol. The van der Waals surface area contributed by atoms with Crippen LogP contribution >= 0.6 is 0 Å². The summed E-state index contributed by atoms with van der Waals surface area (Å²) in [5.74, 6) is -0.176. The number of fused-ring (bicyclic) bond motifs is 2. The van der Waals surface area contributed by atoms with Gasteiger partial charge in [-0.05, 0) is 36.2 Å². The molecule has 1 unspecified atom stereocenters. The van der Waals surface area contributed by atoms with E-state index in [-0.39, 0.29) is 18.2 Å². The number of piperidine rings is 1. The average molecular weight is 401 g/mol. The fourth-order valence-electron chi connectivity index (χ4n) is 4.18. The van der Waals surface area contributed by atoms with Crippen molar-refractivity contribution in [2.24, 2.45) is 0 Å². The number of benzene rings is 2. The first-order valence-corrected chi connectivity index (χ1v) is 9.77. The number of carbonyl (C=O) groups is 3. The highest BCUT2D eigenvalue weighted by atomic mass is 16.5. The van der Waals surface area contributed by atoms with E-state index in [1.807, 2.05) is 42.5 Å². The molecule has 0 aliphatic carbocycles. The summed E-state index contributed by atoms with van der Waals surface area (Å²) in [6.45, 7) is 0.338. The molecule has 3 amide bonds. The van der Waals surface area contributed by atoms with Crippen LogP contribution in [0, 0.1) is 0 Å². The molecule has 5 rings (SSSR count). The molecule has 2 aromatic carbocycles. The molecule has 0 bridgehead atoms. The van der Waals surface area contributed by atoms with Crippen LogP contribution in [0.1, 0.15) is 28.8 Å². The predicted molar refractivity (Wildman–Crippen MR) is 110 cm³/mol. The first-order valence-electron chi connectivity index (χ1n) is 9.77. The summed E-state index contributed by atoms with van der Waals surface area (Å²) in [6, 6.07) is 14.7. The minimum atomic E-state index is -0.617. The molecule has 7 heteroatoms. The number of pyridine rings is 1. The van der Waals surface area contributed by atoms with Gasteiger partial charge in [-0.15, -0.1) is 0 Å². The van der Waals surface area contributed by atoms with Gasteiger partial charge in [-0.2, -0.15) is 0 Å². The lowest BCUT2D eigenvalue weighted by molar-refractivity contribution is -0.136. The number of carbonyl (C=O) groups excluding carboxylic acids is 3. The Balaban J connectivity index is 1.48. The van der Waals surface area contributed by atoms with E-state index < -0.39 is 11.9 Å². The Bertz CT molecular complexity index is 1220. The van der Waals surface area contributed by atoms with Gasteiger partial charge in [-0.1, -0.05) is 24.3 Å². The number of methoxy groups -OCH3 is 1. The summed E-state index contributed by atoms with van der Waals surface area (Å²) in [4.78, 5) is 42.8. The van der Waals surface area contributed by atoms with Gasteiger partial charge in [0.25, 0.3) is 5.91 Å². The highest BCUT2D eigenvalue weighted by molar-refractivity contribution is 6.05. The molecule has 0 radical (unpaired) electrons. The molecule has 7 nitrogen and oxygen atoms in total. The topological polar surface area (TPSA) is 88.6 Å². The molecule has 0 saturated carbocycles. The summed E-state index contributed by atoms with van der Waals surface area (Å²) in [5, 5.41) is 3.31. The number of imide groups is 1. The molecule has 2 aliphatic rings. The van der Waals surface area contributed by atoms with E-state index in [4.69, 9.17) is 9.72 Å². The van der Waals surface area contributed by atoms with Crippen LogP contribution in [0.4, 0.5) is 0 Å². The number of para-hydroxylation sites is 1. The van der Waals surface area contributed by atoms with Crippen molar-refractivity contribution in [2.75, 3.05) is 7.11 Å². The number of nitrogens with zero attached hydrogens (tertiary/aromatic N) is 2. The Morgan fingerprint density at radius 1 is 1.10 bits per heavy atom. The van der Waals surface area contributed by atoms with Gasteiger partial charge in [0, 0.05) is 29.5 Å². The predicted octanol–water partition coefficient (Wildman–Crippen LogP) is 2.67. The minimum Gasteiger partial charge on any atom is -0.494 e. The molecule has 150 valence electrons. The Labute approximate surface area is 172 Å². The third-order valence-electron chi connectivity index (χ3n) is 5.72. The molecule has 1 fully saturated rings. The second kappa shape index (κ2) is 6.95. The summed E-state index contributed by atoms with van der Waals surface area (Å²) in [6.07, 6.45) is 0.591. The normalized spacial score (nSPS) is 18.5. The first kappa shape index (κ1) is 18.3. The van der Waals surface area contributed by atoms with Crippen molar-refractivity contribution in [3.8, 4) is 17.0 Å². The van der Waals surface area contributed by atoms with Gasteiger partial charge in [-0.25, -0.2) is 4.98 Å². The van der Waals surface area contributed by atoms with Gasteiger partial charge in [0.2, 0.25) is 11.8 Å². The zero-order valence-corrected chi connectivity index (χ0v) is 16.3. The molecule has 3 heterocycles. The van der Waals surface area contributed by atoms with Crippen LogP contribution in [-0.2, 0) is 16.1 Å². The SMILES string of the molecule is COc1cccc2ccc(-c3ccc4c(c3)CN(C3CCC(=O)NC3=O)C4=O)nc12. The minimum absolute atomic E-state index is 0.181. The highest BCUT2D eigenvalue weighted by Gasteiger charge is 2.39. The lowest BCUT2D eigenvalue weighted by Gasteiger charge is -2.29. The van der Waals surface area contributed by atoms with Gasteiger partial charge < -0.3 is 9.64 Å². The van der Waals surface area contributed by atoms with Crippen LogP contribution < -0.4 is 10.1 Å². The summed E-state index contributed by atoms with van der Waals surface area (Å²) in [7, 11) is 1.62. The largest absolute Gasteiger partial charge is 0.494 e. The second-order valence-electron chi connectivity index (χ2n) is 7.50. The van der Waals surface area contributed by atoms with Crippen molar-refractivity contribution in [2.45, 2.75) is 25.4 Å². The van der Waals surface area contributed by atoms with Gasteiger partial charge >= 0.3 is 0 Å². The van der Waals surface area contributed by atoms with E-state index in [9.17, 15) is 14.4 Å². The molecule has 1 saturated heterocycles. The maximum absolute atomic E-state index is 12.9. The Hall–Kier alpha value is -3.74. The van der Waals surface area contributed by atoms with Crippen LogP contribution in [0.2, 0.25) is 0 Å². The van der Waals surface area contributed by atoms with Crippen LogP contribution in [-0.4, -0.2) is 40.8 Å². The highest BCUT2D eigenvalue weighted by Crippen LogP contribution is 2.32. The molecular formula is C23H19N3O4.